The summed E-state index contributed by atoms with van der Waals surface area (Å²) in [5.41, 5.74) is 2.61. The van der Waals surface area contributed by atoms with E-state index in [9.17, 15) is 8.42 Å². The average Bonchev–Trinajstić information content (AvgIpc) is 2.78. The number of nitrogens with zero attached hydrogens (tertiary/aromatic N) is 2. The summed E-state index contributed by atoms with van der Waals surface area (Å²) in [5.74, 6) is 1.32. The number of benzene rings is 2. The number of pyridine rings is 1. The average molecular weight is 403 g/mol. The molecule has 0 bridgehead atoms. The molecule has 0 saturated carbocycles. The molecule has 2 heterocycles. The number of halogens is 1. The van der Waals surface area contributed by atoms with Crippen molar-refractivity contribution in [3.05, 3.63) is 58.6 Å². The number of ether oxygens (including phenoxy) is 1. The van der Waals surface area contributed by atoms with E-state index in [2.05, 4.69) is 0 Å². The van der Waals surface area contributed by atoms with E-state index < -0.39 is 9.84 Å². The molecule has 7 heteroatoms. The highest BCUT2D eigenvalue weighted by Gasteiger charge is 2.26. The van der Waals surface area contributed by atoms with Gasteiger partial charge in [-0.05, 0) is 48.9 Å². The fourth-order valence-electron chi connectivity index (χ4n) is 3.38. The summed E-state index contributed by atoms with van der Waals surface area (Å²) in [6.45, 7) is 2.78. The molecule has 2 aromatic carbocycles. The van der Waals surface area contributed by atoms with Crippen LogP contribution in [0.2, 0.25) is 5.02 Å². The predicted octanol–water partition coefficient (Wildman–Crippen LogP) is 4.00. The molecular formula is C20H19ClN2O3S. The van der Waals surface area contributed by atoms with Crippen LogP contribution < -0.4 is 9.64 Å². The van der Waals surface area contributed by atoms with Gasteiger partial charge in [-0.2, -0.15) is 0 Å². The van der Waals surface area contributed by atoms with Crippen LogP contribution in [-0.4, -0.2) is 32.8 Å². The Balaban J connectivity index is 1.81. The summed E-state index contributed by atoms with van der Waals surface area (Å²) < 4.78 is 30.6. The van der Waals surface area contributed by atoms with Crippen LogP contribution in [0.4, 0.5) is 5.82 Å². The number of aryl methyl sites for hydroxylation is 1. The van der Waals surface area contributed by atoms with Gasteiger partial charge in [0.05, 0.1) is 28.3 Å². The van der Waals surface area contributed by atoms with Crippen LogP contribution in [0.1, 0.15) is 11.1 Å². The van der Waals surface area contributed by atoms with Gasteiger partial charge in [-0.15, -0.1) is 0 Å². The van der Waals surface area contributed by atoms with Crippen molar-refractivity contribution in [1.82, 2.24) is 4.98 Å². The van der Waals surface area contributed by atoms with E-state index in [1.54, 1.807) is 31.4 Å². The highest BCUT2D eigenvalue weighted by atomic mass is 35.5. The molecule has 3 aromatic rings. The smallest absolute Gasteiger partial charge is 0.180 e. The summed E-state index contributed by atoms with van der Waals surface area (Å²) in [6, 6.07) is 12.8. The van der Waals surface area contributed by atoms with Crippen molar-refractivity contribution in [3.63, 3.8) is 0 Å². The maximum absolute atomic E-state index is 12.7. The van der Waals surface area contributed by atoms with E-state index in [0.717, 1.165) is 16.5 Å². The Hall–Kier alpha value is -2.31. The number of hydrogen-bond donors (Lipinski definition) is 0. The lowest BCUT2D eigenvalue weighted by Crippen LogP contribution is -2.26. The molecule has 4 rings (SSSR count). The lowest BCUT2D eigenvalue weighted by Gasteiger charge is -2.22. The van der Waals surface area contributed by atoms with E-state index in [1.165, 1.54) is 0 Å². The highest BCUT2D eigenvalue weighted by molar-refractivity contribution is 7.91. The van der Waals surface area contributed by atoms with Crippen LogP contribution in [-0.2, 0) is 16.4 Å². The number of sulfone groups is 1. The SMILES string of the molecule is COc1ccc2c(c1)CN(c1cc(Cl)c3cc(C)ccc3n1)CCS2(=O)=O. The van der Waals surface area contributed by atoms with Crippen molar-refractivity contribution in [2.75, 3.05) is 24.3 Å². The van der Waals surface area contributed by atoms with Crippen LogP contribution in [0.3, 0.4) is 0 Å². The lowest BCUT2D eigenvalue weighted by atomic mass is 10.1. The first-order valence-corrected chi connectivity index (χ1v) is 10.6. The zero-order valence-electron chi connectivity index (χ0n) is 15.1. The number of fused-ring (bicyclic) bond motifs is 2. The summed E-state index contributed by atoms with van der Waals surface area (Å²) >= 11 is 6.49. The molecule has 27 heavy (non-hydrogen) atoms. The molecule has 0 N–H and O–H groups in total. The topological polar surface area (TPSA) is 59.5 Å². The molecule has 1 aromatic heterocycles. The number of rotatable bonds is 2. The van der Waals surface area contributed by atoms with Crippen molar-refractivity contribution in [2.45, 2.75) is 18.4 Å². The van der Waals surface area contributed by atoms with E-state index in [0.29, 0.717) is 40.1 Å². The monoisotopic (exact) mass is 402 g/mol. The zero-order valence-corrected chi connectivity index (χ0v) is 16.6. The van der Waals surface area contributed by atoms with Gasteiger partial charge >= 0.3 is 0 Å². The van der Waals surface area contributed by atoms with E-state index >= 15 is 0 Å². The zero-order chi connectivity index (χ0) is 19.2. The Bertz CT molecular complexity index is 1150. The summed E-state index contributed by atoms with van der Waals surface area (Å²) in [7, 11) is -1.79. The molecule has 0 fully saturated rings. The predicted molar refractivity (Wildman–Crippen MR) is 108 cm³/mol. The van der Waals surface area contributed by atoms with Crippen molar-refractivity contribution in [2.24, 2.45) is 0 Å². The summed E-state index contributed by atoms with van der Waals surface area (Å²) in [6.07, 6.45) is 0. The van der Waals surface area contributed by atoms with E-state index in [-0.39, 0.29) is 5.75 Å². The normalized spacial score (nSPS) is 16.0. The first-order chi connectivity index (χ1) is 12.9. The van der Waals surface area contributed by atoms with Crippen LogP contribution in [0.25, 0.3) is 10.9 Å². The number of anilines is 1. The second kappa shape index (κ2) is 6.69. The molecular weight excluding hydrogens is 384 g/mol. The Morgan fingerprint density at radius 3 is 2.74 bits per heavy atom. The highest BCUT2D eigenvalue weighted by Crippen LogP contribution is 2.32. The minimum atomic E-state index is -3.36. The Kier molecular flexibility index (Phi) is 4.48. The van der Waals surface area contributed by atoms with Gasteiger partial charge in [-0.1, -0.05) is 23.2 Å². The molecule has 5 nitrogen and oxygen atoms in total. The first kappa shape index (κ1) is 18.1. The Morgan fingerprint density at radius 2 is 1.96 bits per heavy atom. The van der Waals surface area contributed by atoms with Gasteiger partial charge in [0.1, 0.15) is 11.6 Å². The van der Waals surface area contributed by atoms with E-state index in [4.69, 9.17) is 21.3 Å². The van der Waals surface area contributed by atoms with Crippen molar-refractivity contribution < 1.29 is 13.2 Å². The third kappa shape index (κ3) is 3.35. The third-order valence-electron chi connectivity index (χ3n) is 4.82. The molecule has 0 unspecified atom stereocenters. The molecule has 0 aliphatic carbocycles. The maximum Gasteiger partial charge on any atom is 0.180 e. The molecule has 0 amide bonds. The lowest BCUT2D eigenvalue weighted by molar-refractivity contribution is 0.413. The second-order valence-corrected chi connectivity index (χ2v) is 9.18. The molecule has 0 atom stereocenters. The molecule has 1 aliphatic rings. The van der Waals surface area contributed by atoms with Crippen LogP contribution in [0.5, 0.6) is 5.75 Å². The van der Waals surface area contributed by atoms with Crippen LogP contribution >= 0.6 is 11.6 Å². The minimum Gasteiger partial charge on any atom is -0.497 e. The van der Waals surface area contributed by atoms with Gasteiger partial charge in [-0.3, -0.25) is 0 Å². The quantitative estimate of drug-likeness (QED) is 0.648. The van der Waals surface area contributed by atoms with Gasteiger partial charge in [0.25, 0.3) is 0 Å². The fourth-order valence-corrected chi connectivity index (χ4v) is 5.11. The molecule has 1 aliphatic heterocycles. The number of hydrogen-bond acceptors (Lipinski definition) is 5. The second-order valence-electron chi connectivity index (χ2n) is 6.70. The largest absolute Gasteiger partial charge is 0.497 e. The summed E-state index contributed by atoms with van der Waals surface area (Å²) in [4.78, 5) is 7.03. The number of methoxy groups -OCH3 is 1. The minimum absolute atomic E-state index is 0.0254. The Morgan fingerprint density at radius 1 is 1.15 bits per heavy atom. The molecule has 0 saturated heterocycles. The first-order valence-electron chi connectivity index (χ1n) is 8.59. The Labute approximate surface area is 163 Å². The van der Waals surface area contributed by atoms with Crippen molar-refractivity contribution in [1.29, 1.82) is 0 Å². The maximum atomic E-state index is 12.7. The molecule has 140 valence electrons. The van der Waals surface area contributed by atoms with Gasteiger partial charge in [-0.25, -0.2) is 13.4 Å². The number of aromatic nitrogens is 1. The molecule has 0 radical (unpaired) electrons. The van der Waals surface area contributed by atoms with Crippen molar-refractivity contribution in [3.8, 4) is 5.75 Å². The van der Waals surface area contributed by atoms with Gasteiger partial charge in [0.2, 0.25) is 0 Å². The van der Waals surface area contributed by atoms with Crippen molar-refractivity contribution >= 4 is 38.2 Å². The summed E-state index contributed by atoms with van der Waals surface area (Å²) in [5, 5.41) is 1.50. The fraction of sp³-hybridized carbons (Fsp3) is 0.250. The van der Waals surface area contributed by atoms with Gasteiger partial charge in [0, 0.05) is 18.5 Å². The van der Waals surface area contributed by atoms with Crippen LogP contribution in [0.15, 0.2) is 47.4 Å². The van der Waals surface area contributed by atoms with Gasteiger partial charge in [0.15, 0.2) is 9.84 Å². The molecule has 0 spiro atoms. The van der Waals surface area contributed by atoms with E-state index in [1.807, 2.05) is 30.0 Å². The van der Waals surface area contributed by atoms with Gasteiger partial charge < -0.3 is 9.64 Å². The third-order valence-corrected chi connectivity index (χ3v) is 6.92. The standard InChI is InChI=1S/C20H19ClN2O3S/c1-13-3-5-18-16(9-13)17(21)11-20(22-18)23-7-8-27(24,25)19-6-4-15(26-2)10-14(19)12-23/h3-6,9-11H,7-8,12H2,1-2H3. The van der Waals surface area contributed by atoms with Crippen LogP contribution in [0, 0.1) is 6.92 Å².